The lowest BCUT2D eigenvalue weighted by Crippen LogP contribution is -2.35. The lowest BCUT2D eigenvalue weighted by molar-refractivity contribution is 0.0730. The molecule has 0 aromatic heterocycles. The molecule has 0 radical (unpaired) electrons. The first-order valence-electron chi connectivity index (χ1n) is 5.97. The van der Waals surface area contributed by atoms with Crippen LogP contribution in [0.15, 0.2) is 18.2 Å². The summed E-state index contributed by atoms with van der Waals surface area (Å²) in [4.78, 5) is 14.0. The smallest absolute Gasteiger partial charge is 0.258 e. The second-order valence-electron chi connectivity index (χ2n) is 4.38. The van der Waals surface area contributed by atoms with Gasteiger partial charge in [-0.2, -0.15) is 0 Å². The molecule has 2 rings (SSSR count). The Kier molecular flexibility index (Phi) is 3.22. The number of hydrogen-bond acceptors (Lipinski definition) is 3. The van der Waals surface area contributed by atoms with E-state index >= 15 is 0 Å². The zero-order valence-corrected chi connectivity index (χ0v) is 9.89. The lowest BCUT2D eigenvalue weighted by Gasteiger charge is -2.24. The van der Waals surface area contributed by atoms with Gasteiger partial charge in [0.15, 0.2) is 11.5 Å². The van der Waals surface area contributed by atoms with Gasteiger partial charge in [0.05, 0.1) is 5.56 Å². The number of aromatic hydroxyl groups is 2. The summed E-state index contributed by atoms with van der Waals surface area (Å²) >= 11 is 0. The third kappa shape index (κ3) is 2.07. The Morgan fingerprint density at radius 1 is 1.47 bits per heavy atom. The summed E-state index contributed by atoms with van der Waals surface area (Å²) in [5.74, 6) is -0.759. The third-order valence-electron chi connectivity index (χ3n) is 3.35. The van der Waals surface area contributed by atoms with Crippen LogP contribution in [0.4, 0.5) is 0 Å². The number of para-hydroxylation sites is 1. The second-order valence-corrected chi connectivity index (χ2v) is 4.38. The fourth-order valence-corrected chi connectivity index (χ4v) is 2.39. The zero-order valence-electron chi connectivity index (χ0n) is 9.89. The first-order chi connectivity index (χ1) is 8.15. The number of hydrogen-bond donors (Lipinski definition) is 2. The molecular weight excluding hydrogens is 218 g/mol. The van der Waals surface area contributed by atoms with E-state index < -0.39 is 0 Å². The molecule has 1 heterocycles. The van der Waals surface area contributed by atoms with E-state index in [0.717, 1.165) is 25.8 Å². The highest BCUT2D eigenvalue weighted by Gasteiger charge is 2.29. The van der Waals surface area contributed by atoms with Crippen molar-refractivity contribution in [2.24, 2.45) is 0 Å². The summed E-state index contributed by atoms with van der Waals surface area (Å²) in [5, 5.41) is 19.1. The molecule has 92 valence electrons. The first kappa shape index (κ1) is 11.8. The number of rotatable bonds is 2. The van der Waals surface area contributed by atoms with E-state index in [1.54, 1.807) is 17.0 Å². The molecule has 1 atom stereocenters. The number of likely N-dealkylation sites (tertiary alicyclic amines) is 1. The average molecular weight is 235 g/mol. The van der Waals surface area contributed by atoms with E-state index in [9.17, 15) is 15.0 Å². The van der Waals surface area contributed by atoms with Crippen LogP contribution in [-0.2, 0) is 0 Å². The maximum Gasteiger partial charge on any atom is 0.258 e. The maximum absolute atomic E-state index is 12.2. The minimum atomic E-state index is -0.320. The summed E-state index contributed by atoms with van der Waals surface area (Å²) in [6.45, 7) is 2.78. The number of phenols is 2. The molecule has 1 unspecified atom stereocenters. The molecule has 1 aromatic carbocycles. The Balaban J connectivity index is 2.28. The minimum absolute atomic E-state index is 0.186. The van der Waals surface area contributed by atoms with Crippen LogP contribution in [-0.4, -0.2) is 33.6 Å². The molecule has 4 heteroatoms. The molecule has 4 nitrogen and oxygen atoms in total. The molecule has 1 saturated heterocycles. The number of amides is 1. The number of benzene rings is 1. The topological polar surface area (TPSA) is 60.8 Å². The predicted molar refractivity (Wildman–Crippen MR) is 64.1 cm³/mol. The highest BCUT2D eigenvalue weighted by Crippen LogP contribution is 2.31. The van der Waals surface area contributed by atoms with Crippen LogP contribution in [0.2, 0.25) is 0 Å². The van der Waals surface area contributed by atoms with Gasteiger partial charge in [-0.15, -0.1) is 0 Å². The van der Waals surface area contributed by atoms with Crippen LogP contribution in [0.3, 0.4) is 0 Å². The summed E-state index contributed by atoms with van der Waals surface area (Å²) < 4.78 is 0. The number of carbonyl (C=O) groups is 1. The predicted octanol–water partition coefficient (Wildman–Crippen LogP) is 2.11. The molecule has 0 aliphatic carbocycles. The van der Waals surface area contributed by atoms with E-state index in [1.165, 1.54) is 6.07 Å². The standard InChI is InChI=1S/C13H17NO3/c1-2-9-5-4-8-14(9)13(17)10-6-3-7-11(15)12(10)16/h3,6-7,9,15-16H,2,4-5,8H2,1H3. The van der Waals surface area contributed by atoms with Crippen LogP contribution >= 0.6 is 0 Å². The second kappa shape index (κ2) is 4.65. The Labute approximate surface area is 100 Å². The van der Waals surface area contributed by atoms with E-state index in [0.29, 0.717) is 0 Å². The van der Waals surface area contributed by atoms with Crippen LogP contribution in [0, 0.1) is 0 Å². The van der Waals surface area contributed by atoms with Crippen molar-refractivity contribution in [2.75, 3.05) is 6.54 Å². The third-order valence-corrected chi connectivity index (χ3v) is 3.35. The van der Waals surface area contributed by atoms with E-state index in [-0.39, 0.29) is 29.0 Å². The minimum Gasteiger partial charge on any atom is -0.504 e. The molecule has 0 bridgehead atoms. The van der Waals surface area contributed by atoms with Crippen LogP contribution in [0.25, 0.3) is 0 Å². The lowest BCUT2D eigenvalue weighted by atomic mass is 10.1. The number of carbonyl (C=O) groups excluding carboxylic acids is 1. The van der Waals surface area contributed by atoms with Crippen LogP contribution in [0.1, 0.15) is 36.5 Å². The maximum atomic E-state index is 12.2. The van der Waals surface area contributed by atoms with Gasteiger partial charge in [0, 0.05) is 12.6 Å². The molecular formula is C13H17NO3. The quantitative estimate of drug-likeness (QED) is 0.772. The van der Waals surface area contributed by atoms with Gasteiger partial charge < -0.3 is 15.1 Å². The zero-order chi connectivity index (χ0) is 12.4. The summed E-state index contributed by atoms with van der Waals surface area (Å²) in [6.07, 6.45) is 2.94. The van der Waals surface area contributed by atoms with Gasteiger partial charge >= 0.3 is 0 Å². The van der Waals surface area contributed by atoms with E-state index in [1.807, 2.05) is 0 Å². The molecule has 0 spiro atoms. The summed E-state index contributed by atoms with van der Waals surface area (Å²) in [7, 11) is 0. The van der Waals surface area contributed by atoms with Crippen molar-refractivity contribution < 1.29 is 15.0 Å². The van der Waals surface area contributed by atoms with Crippen molar-refractivity contribution in [3.05, 3.63) is 23.8 Å². The average Bonchev–Trinajstić information content (AvgIpc) is 2.80. The van der Waals surface area contributed by atoms with Crippen molar-refractivity contribution in [1.82, 2.24) is 4.90 Å². The number of phenolic OH excluding ortho intramolecular Hbond substituents is 2. The molecule has 1 aromatic rings. The van der Waals surface area contributed by atoms with E-state index in [4.69, 9.17) is 0 Å². The van der Waals surface area contributed by atoms with Crippen molar-refractivity contribution in [1.29, 1.82) is 0 Å². The van der Waals surface area contributed by atoms with Crippen molar-refractivity contribution in [2.45, 2.75) is 32.2 Å². The van der Waals surface area contributed by atoms with Crippen molar-refractivity contribution >= 4 is 5.91 Å². The normalized spacial score (nSPS) is 19.6. The van der Waals surface area contributed by atoms with Gasteiger partial charge in [-0.3, -0.25) is 4.79 Å². The fourth-order valence-electron chi connectivity index (χ4n) is 2.39. The summed E-state index contributed by atoms with van der Waals surface area (Å²) in [5.41, 5.74) is 0.186. The molecule has 17 heavy (non-hydrogen) atoms. The van der Waals surface area contributed by atoms with E-state index in [2.05, 4.69) is 6.92 Å². The molecule has 1 fully saturated rings. The van der Waals surface area contributed by atoms with Gasteiger partial charge in [-0.25, -0.2) is 0 Å². The number of nitrogens with zero attached hydrogens (tertiary/aromatic N) is 1. The first-order valence-corrected chi connectivity index (χ1v) is 5.97. The Morgan fingerprint density at radius 3 is 2.94 bits per heavy atom. The SMILES string of the molecule is CCC1CCCN1C(=O)c1cccc(O)c1O. The highest BCUT2D eigenvalue weighted by molar-refractivity contribution is 5.97. The Bertz CT molecular complexity index is 431. The van der Waals surface area contributed by atoms with Crippen LogP contribution in [0.5, 0.6) is 11.5 Å². The van der Waals surface area contributed by atoms with Gasteiger partial charge in [0.2, 0.25) is 0 Å². The van der Waals surface area contributed by atoms with Gasteiger partial charge in [-0.1, -0.05) is 13.0 Å². The highest BCUT2D eigenvalue weighted by atomic mass is 16.3. The molecule has 2 N–H and O–H groups in total. The molecule has 0 saturated carbocycles. The molecule has 1 aliphatic heterocycles. The fraction of sp³-hybridized carbons (Fsp3) is 0.462. The molecule has 1 aliphatic rings. The summed E-state index contributed by atoms with van der Waals surface area (Å²) in [6, 6.07) is 4.74. The van der Waals surface area contributed by atoms with Gasteiger partial charge in [-0.05, 0) is 31.4 Å². The Hall–Kier alpha value is -1.71. The molecule has 1 amide bonds. The van der Waals surface area contributed by atoms with Crippen LogP contribution < -0.4 is 0 Å². The monoisotopic (exact) mass is 235 g/mol. The van der Waals surface area contributed by atoms with Gasteiger partial charge in [0.25, 0.3) is 5.91 Å². The Morgan fingerprint density at radius 2 is 2.24 bits per heavy atom. The van der Waals surface area contributed by atoms with Crippen molar-refractivity contribution in [3.8, 4) is 11.5 Å². The van der Waals surface area contributed by atoms with Crippen molar-refractivity contribution in [3.63, 3.8) is 0 Å². The van der Waals surface area contributed by atoms with Gasteiger partial charge in [0.1, 0.15) is 0 Å². The largest absolute Gasteiger partial charge is 0.504 e.